The molecule has 4 nitrogen and oxygen atoms in total. The summed E-state index contributed by atoms with van der Waals surface area (Å²) in [5.74, 6) is -0.905. The van der Waals surface area contributed by atoms with Crippen molar-refractivity contribution < 1.29 is 9.90 Å². The molecule has 0 bridgehead atoms. The van der Waals surface area contributed by atoms with Gasteiger partial charge in [0.15, 0.2) is 0 Å². The van der Waals surface area contributed by atoms with Gasteiger partial charge in [-0.3, -0.25) is 4.68 Å². The van der Waals surface area contributed by atoms with Gasteiger partial charge in [0.1, 0.15) is 0 Å². The summed E-state index contributed by atoms with van der Waals surface area (Å²) in [5.41, 5.74) is 3.25. The lowest BCUT2D eigenvalue weighted by Gasteiger charge is -2.02. The monoisotopic (exact) mass is 244 g/mol. The first kappa shape index (κ1) is 12.4. The van der Waals surface area contributed by atoms with Crippen molar-refractivity contribution in [1.82, 2.24) is 9.78 Å². The Kier molecular flexibility index (Phi) is 3.46. The van der Waals surface area contributed by atoms with Crippen LogP contribution in [0.3, 0.4) is 0 Å². The number of rotatable bonds is 4. The number of nitrogens with zero attached hydrogens (tertiary/aromatic N) is 2. The van der Waals surface area contributed by atoms with Crippen LogP contribution in [-0.4, -0.2) is 20.9 Å². The highest BCUT2D eigenvalue weighted by molar-refractivity contribution is 5.89. The van der Waals surface area contributed by atoms with Crippen LogP contribution < -0.4 is 0 Å². The van der Waals surface area contributed by atoms with Crippen LogP contribution in [0, 0.1) is 0 Å². The molecule has 0 spiro atoms. The van der Waals surface area contributed by atoms with Crippen LogP contribution in [-0.2, 0) is 13.5 Å². The standard InChI is InChI=1S/C14H16N2O2/c1-3-5-13-12(9-16(2)15-13)10-6-4-7-11(8-10)14(17)18/h4,6-9H,3,5H2,1-2H3,(H,17,18). The predicted octanol–water partition coefficient (Wildman–Crippen LogP) is 2.74. The van der Waals surface area contributed by atoms with Crippen molar-refractivity contribution in [2.75, 3.05) is 0 Å². The van der Waals surface area contributed by atoms with Gasteiger partial charge in [-0.05, 0) is 24.1 Å². The molecule has 2 rings (SSSR count). The molecular formula is C14H16N2O2. The van der Waals surface area contributed by atoms with Gasteiger partial charge < -0.3 is 5.11 Å². The van der Waals surface area contributed by atoms with Crippen LogP contribution in [0.1, 0.15) is 29.4 Å². The second-order valence-electron chi connectivity index (χ2n) is 4.30. The van der Waals surface area contributed by atoms with E-state index in [2.05, 4.69) is 12.0 Å². The van der Waals surface area contributed by atoms with Gasteiger partial charge in [0.2, 0.25) is 0 Å². The Morgan fingerprint density at radius 3 is 2.89 bits per heavy atom. The molecule has 0 aliphatic rings. The molecule has 1 heterocycles. The van der Waals surface area contributed by atoms with E-state index in [0.717, 1.165) is 29.7 Å². The van der Waals surface area contributed by atoms with Gasteiger partial charge in [0, 0.05) is 18.8 Å². The number of aryl methyl sites for hydroxylation is 2. The normalized spacial score (nSPS) is 10.6. The minimum absolute atomic E-state index is 0.304. The first-order valence-electron chi connectivity index (χ1n) is 5.98. The molecule has 2 aromatic rings. The van der Waals surface area contributed by atoms with E-state index in [4.69, 9.17) is 5.11 Å². The van der Waals surface area contributed by atoms with Gasteiger partial charge in [-0.15, -0.1) is 0 Å². The molecule has 94 valence electrons. The maximum absolute atomic E-state index is 11.0. The summed E-state index contributed by atoms with van der Waals surface area (Å²) in [7, 11) is 1.88. The van der Waals surface area contributed by atoms with E-state index < -0.39 is 5.97 Å². The molecule has 0 aliphatic carbocycles. The number of carboxylic acid groups (broad SMARTS) is 1. The molecule has 1 aromatic heterocycles. The fourth-order valence-corrected chi connectivity index (χ4v) is 2.02. The summed E-state index contributed by atoms with van der Waals surface area (Å²) in [5, 5.41) is 13.4. The third-order valence-electron chi connectivity index (χ3n) is 2.81. The Labute approximate surface area is 106 Å². The van der Waals surface area contributed by atoms with Crippen molar-refractivity contribution in [2.45, 2.75) is 19.8 Å². The second-order valence-corrected chi connectivity index (χ2v) is 4.30. The highest BCUT2D eigenvalue weighted by atomic mass is 16.4. The van der Waals surface area contributed by atoms with E-state index in [1.54, 1.807) is 22.9 Å². The number of carbonyl (C=O) groups is 1. The average Bonchev–Trinajstić information content (AvgIpc) is 2.71. The number of aromatic carboxylic acids is 1. The maximum Gasteiger partial charge on any atom is 0.335 e. The van der Waals surface area contributed by atoms with Crippen LogP contribution in [0.4, 0.5) is 0 Å². The third-order valence-corrected chi connectivity index (χ3v) is 2.81. The zero-order chi connectivity index (χ0) is 13.1. The van der Waals surface area contributed by atoms with Gasteiger partial charge in [-0.1, -0.05) is 25.5 Å². The fourth-order valence-electron chi connectivity index (χ4n) is 2.02. The fraction of sp³-hybridized carbons (Fsp3) is 0.286. The Hall–Kier alpha value is -2.10. The molecule has 0 aliphatic heterocycles. The molecule has 0 atom stereocenters. The van der Waals surface area contributed by atoms with Gasteiger partial charge in [0.25, 0.3) is 0 Å². The summed E-state index contributed by atoms with van der Waals surface area (Å²) in [6.07, 6.45) is 3.85. The van der Waals surface area contributed by atoms with Crippen molar-refractivity contribution in [1.29, 1.82) is 0 Å². The number of hydrogen-bond acceptors (Lipinski definition) is 2. The van der Waals surface area contributed by atoms with Gasteiger partial charge in [-0.25, -0.2) is 4.79 Å². The summed E-state index contributed by atoms with van der Waals surface area (Å²) in [6.45, 7) is 2.10. The third kappa shape index (κ3) is 2.42. The van der Waals surface area contributed by atoms with Crippen LogP contribution in [0.5, 0.6) is 0 Å². The maximum atomic E-state index is 11.0. The van der Waals surface area contributed by atoms with Crippen LogP contribution in [0.2, 0.25) is 0 Å². The molecule has 0 amide bonds. The Balaban J connectivity index is 2.47. The van der Waals surface area contributed by atoms with E-state index >= 15 is 0 Å². The molecular weight excluding hydrogens is 228 g/mol. The molecule has 0 saturated heterocycles. The molecule has 0 radical (unpaired) electrons. The van der Waals surface area contributed by atoms with Gasteiger partial charge in [-0.2, -0.15) is 5.10 Å². The quantitative estimate of drug-likeness (QED) is 0.899. The molecule has 1 N–H and O–H groups in total. The van der Waals surface area contributed by atoms with Gasteiger partial charge in [0.05, 0.1) is 11.3 Å². The van der Waals surface area contributed by atoms with Crippen LogP contribution >= 0.6 is 0 Å². The van der Waals surface area contributed by atoms with E-state index in [1.807, 2.05) is 19.3 Å². The smallest absolute Gasteiger partial charge is 0.335 e. The summed E-state index contributed by atoms with van der Waals surface area (Å²) >= 11 is 0. The molecule has 0 saturated carbocycles. The Morgan fingerprint density at radius 1 is 1.44 bits per heavy atom. The number of hydrogen-bond donors (Lipinski definition) is 1. The van der Waals surface area contributed by atoms with Crippen LogP contribution in [0.15, 0.2) is 30.5 Å². The average molecular weight is 244 g/mol. The zero-order valence-corrected chi connectivity index (χ0v) is 10.6. The van der Waals surface area contributed by atoms with E-state index in [1.165, 1.54) is 0 Å². The minimum atomic E-state index is -0.905. The Bertz CT molecular complexity index is 573. The van der Waals surface area contributed by atoms with Crippen molar-refractivity contribution in [3.63, 3.8) is 0 Å². The van der Waals surface area contributed by atoms with Crippen molar-refractivity contribution in [3.05, 3.63) is 41.7 Å². The first-order chi connectivity index (χ1) is 8.61. The van der Waals surface area contributed by atoms with Crippen LogP contribution in [0.25, 0.3) is 11.1 Å². The number of benzene rings is 1. The zero-order valence-electron chi connectivity index (χ0n) is 10.6. The first-order valence-corrected chi connectivity index (χ1v) is 5.98. The SMILES string of the molecule is CCCc1nn(C)cc1-c1cccc(C(=O)O)c1. The lowest BCUT2D eigenvalue weighted by atomic mass is 10.0. The molecule has 0 unspecified atom stereocenters. The van der Waals surface area contributed by atoms with E-state index in [9.17, 15) is 4.79 Å². The molecule has 0 fully saturated rings. The molecule has 4 heteroatoms. The number of aromatic nitrogens is 2. The van der Waals surface area contributed by atoms with E-state index in [-0.39, 0.29) is 0 Å². The predicted molar refractivity (Wildman–Crippen MR) is 69.6 cm³/mol. The van der Waals surface area contributed by atoms with E-state index in [0.29, 0.717) is 5.56 Å². The van der Waals surface area contributed by atoms with Gasteiger partial charge >= 0.3 is 5.97 Å². The topological polar surface area (TPSA) is 55.1 Å². The van der Waals surface area contributed by atoms with Crippen molar-refractivity contribution in [3.8, 4) is 11.1 Å². The summed E-state index contributed by atoms with van der Waals surface area (Å²) in [4.78, 5) is 11.0. The number of carboxylic acids is 1. The highest BCUT2D eigenvalue weighted by Gasteiger charge is 2.11. The van der Waals surface area contributed by atoms with Crippen molar-refractivity contribution in [2.24, 2.45) is 7.05 Å². The minimum Gasteiger partial charge on any atom is -0.478 e. The summed E-state index contributed by atoms with van der Waals surface area (Å²) in [6, 6.07) is 6.98. The Morgan fingerprint density at radius 2 is 2.22 bits per heavy atom. The molecule has 18 heavy (non-hydrogen) atoms. The lowest BCUT2D eigenvalue weighted by Crippen LogP contribution is -1.96. The largest absolute Gasteiger partial charge is 0.478 e. The molecule has 1 aromatic carbocycles. The highest BCUT2D eigenvalue weighted by Crippen LogP contribution is 2.24. The lowest BCUT2D eigenvalue weighted by molar-refractivity contribution is 0.0697. The summed E-state index contributed by atoms with van der Waals surface area (Å²) < 4.78 is 1.77. The second kappa shape index (κ2) is 5.04. The van der Waals surface area contributed by atoms with Crippen molar-refractivity contribution >= 4 is 5.97 Å².